The van der Waals surface area contributed by atoms with Crippen molar-refractivity contribution in [3.8, 4) is 0 Å². The molecule has 0 radical (unpaired) electrons. The minimum atomic E-state index is 0.00836. The summed E-state index contributed by atoms with van der Waals surface area (Å²) < 4.78 is 0. The molecule has 0 amide bonds. The van der Waals surface area contributed by atoms with Gasteiger partial charge in [0.1, 0.15) is 0 Å². The summed E-state index contributed by atoms with van der Waals surface area (Å²) in [6, 6.07) is 0. The van der Waals surface area contributed by atoms with Gasteiger partial charge in [-0.15, -0.1) is 0 Å². The van der Waals surface area contributed by atoms with Gasteiger partial charge in [-0.2, -0.15) is 0 Å². The van der Waals surface area contributed by atoms with E-state index in [2.05, 4.69) is 26.1 Å². The van der Waals surface area contributed by atoms with E-state index in [0.29, 0.717) is 18.4 Å². The van der Waals surface area contributed by atoms with Crippen molar-refractivity contribution in [2.45, 2.75) is 58.4 Å². The smallest absolute Gasteiger partial charge is 0.0616 e. The van der Waals surface area contributed by atoms with Gasteiger partial charge in [0.25, 0.3) is 0 Å². The minimum absolute atomic E-state index is 0.00836. The highest BCUT2D eigenvalue weighted by Crippen LogP contribution is 2.41. The molecule has 2 rings (SSSR count). The van der Waals surface area contributed by atoms with Crippen molar-refractivity contribution in [1.29, 1.82) is 0 Å². The second-order valence-corrected chi connectivity index (χ2v) is 6.88. The molecule has 0 aromatic carbocycles. The molecule has 0 bridgehead atoms. The van der Waals surface area contributed by atoms with Crippen molar-refractivity contribution in [3.05, 3.63) is 0 Å². The molecule has 3 atom stereocenters. The van der Waals surface area contributed by atoms with Crippen molar-refractivity contribution in [3.63, 3.8) is 0 Å². The number of aliphatic hydroxyl groups excluding tert-OH is 1. The van der Waals surface area contributed by atoms with E-state index < -0.39 is 0 Å². The van der Waals surface area contributed by atoms with E-state index in [1.54, 1.807) is 0 Å². The molecule has 0 heterocycles. The van der Waals surface area contributed by atoms with Crippen LogP contribution in [0, 0.1) is 23.7 Å². The Labute approximate surface area is 106 Å². The van der Waals surface area contributed by atoms with Gasteiger partial charge in [0.15, 0.2) is 0 Å². The van der Waals surface area contributed by atoms with Crippen LogP contribution in [0.5, 0.6) is 0 Å². The Morgan fingerprint density at radius 2 is 1.94 bits per heavy atom. The Balaban J connectivity index is 2.05. The number of rotatable bonds is 5. The maximum absolute atomic E-state index is 9.95. The lowest BCUT2D eigenvalue weighted by Gasteiger charge is -2.48. The van der Waals surface area contributed by atoms with E-state index in [-0.39, 0.29) is 5.54 Å². The molecule has 100 valence electrons. The van der Waals surface area contributed by atoms with Crippen LogP contribution in [0.2, 0.25) is 0 Å². The summed E-state index contributed by atoms with van der Waals surface area (Å²) in [6.45, 7) is 8.39. The summed E-state index contributed by atoms with van der Waals surface area (Å²) in [4.78, 5) is 0. The standard InChI is InChI=1S/C15H29NO/c1-11(2)14-7-4-12(3)8-15(14,10-17)16-9-13-5-6-13/h11-14,16-17H,4-10H2,1-3H3. The second kappa shape index (κ2) is 5.27. The first-order chi connectivity index (χ1) is 8.07. The fourth-order valence-corrected chi connectivity index (χ4v) is 3.70. The first kappa shape index (κ1) is 13.4. The van der Waals surface area contributed by atoms with E-state index in [0.717, 1.165) is 24.8 Å². The normalized spacial score (nSPS) is 38.6. The quantitative estimate of drug-likeness (QED) is 0.773. The van der Waals surface area contributed by atoms with Gasteiger partial charge < -0.3 is 10.4 Å². The third kappa shape index (κ3) is 3.03. The molecule has 2 heteroatoms. The third-order valence-corrected chi connectivity index (χ3v) is 4.92. The monoisotopic (exact) mass is 239 g/mol. The SMILES string of the molecule is CC1CCC(C(C)C)C(CO)(NCC2CC2)C1. The van der Waals surface area contributed by atoms with Gasteiger partial charge in [-0.1, -0.05) is 27.2 Å². The summed E-state index contributed by atoms with van der Waals surface area (Å²) in [5.74, 6) is 2.95. The summed E-state index contributed by atoms with van der Waals surface area (Å²) >= 11 is 0. The molecule has 0 aromatic heterocycles. The van der Waals surface area contributed by atoms with Gasteiger partial charge in [-0.25, -0.2) is 0 Å². The van der Waals surface area contributed by atoms with Crippen LogP contribution < -0.4 is 5.32 Å². The molecule has 0 aromatic rings. The zero-order chi connectivity index (χ0) is 12.5. The average molecular weight is 239 g/mol. The van der Waals surface area contributed by atoms with Crippen LogP contribution in [0.15, 0.2) is 0 Å². The van der Waals surface area contributed by atoms with Crippen LogP contribution in [0.1, 0.15) is 52.9 Å². The van der Waals surface area contributed by atoms with Crippen LogP contribution in [0.4, 0.5) is 0 Å². The minimum Gasteiger partial charge on any atom is -0.394 e. The lowest BCUT2D eigenvalue weighted by molar-refractivity contribution is 0.0229. The van der Waals surface area contributed by atoms with Gasteiger partial charge in [0.05, 0.1) is 6.61 Å². The zero-order valence-electron chi connectivity index (χ0n) is 11.7. The topological polar surface area (TPSA) is 32.3 Å². The fraction of sp³-hybridized carbons (Fsp3) is 1.00. The maximum atomic E-state index is 9.95. The van der Waals surface area contributed by atoms with Crippen molar-refractivity contribution >= 4 is 0 Å². The summed E-state index contributed by atoms with van der Waals surface area (Å²) in [5, 5.41) is 13.7. The van der Waals surface area contributed by atoms with Crippen molar-refractivity contribution in [1.82, 2.24) is 5.32 Å². The first-order valence-electron chi connectivity index (χ1n) is 7.43. The Hall–Kier alpha value is -0.0800. The van der Waals surface area contributed by atoms with Crippen molar-refractivity contribution < 1.29 is 5.11 Å². The average Bonchev–Trinajstić information content (AvgIpc) is 3.09. The zero-order valence-corrected chi connectivity index (χ0v) is 11.7. The van der Waals surface area contributed by atoms with E-state index in [4.69, 9.17) is 0 Å². The van der Waals surface area contributed by atoms with E-state index in [9.17, 15) is 5.11 Å². The third-order valence-electron chi connectivity index (χ3n) is 4.92. The van der Waals surface area contributed by atoms with Crippen molar-refractivity contribution in [2.24, 2.45) is 23.7 Å². The summed E-state index contributed by atoms with van der Waals surface area (Å²) in [7, 11) is 0. The Morgan fingerprint density at radius 3 is 2.47 bits per heavy atom. The predicted molar refractivity (Wildman–Crippen MR) is 71.9 cm³/mol. The molecular formula is C15H29NO. The van der Waals surface area contributed by atoms with Gasteiger partial charge in [0, 0.05) is 5.54 Å². The Morgan fingerprint density at radius 1 is 1.24 bits per heavy atom. The van der Waals surface area contributed by atoms with Crippen LogP contribution in [0.3, 0.4) is 0 Å². The highest BCUT2D eigenvalue weighted by atomic mass is 16.3. The molecule has 0 saturated heterocycles. The molecule has 2 saturated carbocycles. The van der Waals surface area contributed by atoms with Crippen LogP contribution in [0.25, 0.3) is 0 Å². The lowest BCUT2D eigenvalue weighted by atomic mass is 9.65. The molecule has 2 aliphatic rings. The molecule has 2 N–H and O–H groups in total. The Bertz CT molecular complexity index is 249. The van der Waals surface area contributed by atoms with Gasteiger partial charge in [-0.3, -0.25) is 0 Å². The van der Waals surface area contributed by atoms with Crippen molar-refractivity contribution in [2.75, 3.05) is 13.2 Å². The molecular weight excluding hydrogens is 210 g/mol. The van der Waals surface area contributed by atoms with Gasteiger partial charge >= 0.3 is 0 Å². The maximum Gasteiger partial charge on any atom is 0.0616 e. The number of hydrogen-bond donors (Lipinski definition) is 2. The molecule has 2 nitrogen and oxygen atoms in total. The fourth-order valence-electron chi connectivity index (χ4n) is 3.70. The number of aliphatic hydroxyl groups is 1. The highest BCUT2D eigenvalue weighted by Gasteiger charge is 2.44. The Kier molecular flexibility index (Phi) is 4.14. The molecule has 0 aliphatic heterocycles. The predicted octanol–water partition coefficient (Wildman–Crippen LogP) is 2.81. The van der Waals surface area contributed by atoms with E-state index in [1.807, 2.05) is 0 Å². The summed E-state index contributed by atoms with van der Waals surface area (Å²) in [6.07, 6.45) is 6.53. The molecule has 3 unspecified atom stereocenters. The number of hydrogen-bond acceptors (Lipinski definition) is 2. The van der Waals surface area contributed by atoms with Gasteiger partial charge in [-0.05, 0) is 55.9 Å². The molecule has 2 fully saturated rings. The number of nitrogens with one attached hydrogen (secondary N) is 1. The largest absolute Gasteiger partial charge is 0.394 e. The van der Waals surface area contributed by atoms with Crippen LogP contribution in [-0.4, -0.2) is 23.8 Å². The molecule has 2 aliphatic carbocycles. The molecule has 17 heavy (non-hydrogen) atoms. The highest BCUT2D eigenvalue weighted by molar-refractivity contribution is 5.00. The molecule has 0 spiro atoms. The van der Waals surface area contributed by atoms with Gasteiger partial charge in [0.2, 0.25) is 0 Å². The summed E-state index contributed by atoms with van der Waals surface area (Å²) in [5.41, 5.74) is 0.00836. The van der Waals surface area contributed by atoms with Crippen LogP contribution in [-0.2, 0) is 0 Å². The second-order valence-electron chi connectivity index (χ2n) is 6.88. The van der Waals surface area contributed by atoms with Crippen LogP contribution >= 0.6 is 0 Å². The van der Waals surface area contributed by atoms with E-state index in [1.165, 1.54) is 25.7 Å². The lowest BCUT2D eigenvalue weighted by Crippen LogP contribution is -2.59. The van der Waals surface area contributed by atoms with E-state index >= 15 is 0 Å². The first-order valence-corrected chi connectivity index (χ1v) is 7.43.